The van der Waals surface area contributed by atoms with Gasteiger partial charge in [0.25, 0.3) is 5.91 Å². The van der Waals surface area contributed by atoms with E-state index in [-0.39, 0.29) is 24.6 Å². The van der Waals surface area contributed by atoms with Gasteiger partial charge in [0.15, 0.2) is 0 Å². The minimum absolute atomic E-state index is 0.0349. The lowest BCUT2D eigenvalue weighted by Gasteiger charge is -2.33. The van der Waals surface area contributed by atoms with Crippen molar-refractivity contribution in [2.45, 2.75) is 12.1 Å². The van der Waals surface area contributed by atoms with Gasteiger partial charge in [0.05, 0.1) is 18.7 Å². The first kappa shape index (κ1) is 15.6. The van der Waals surface area contributed by atoms with Crippen LogP contribution >= 0.6 is 0 Å². The molecular weight excluding hydrogens is 310 g/mol. The van der Waals surface area contributed by atoms with E-state index in [4.69, 9.17) is 0 Å². The standard InChI is InChI=1S/C22H19NO2/c24-15-20(16-9-3-1-4-10-16)23-21(17-11-5-2-6-12-17)18-13-7-8-14-19(18)22(23)25/h1-14,20-21,24H,15H2/t20-,21-/m0/s1. The molecule has 3 aromatic carbocycles. The van der Waals surface area contributed by atoms with Crippen molar-refractivity contribution in [1.29, 1.82) is 0 Å². The topological polar surface area (TPSA) is 40.5 Å². The first-order valence-corrected chi connectivity index (χ1v) is 8.43. The number of aliphatic hydroxyl groups excluding tert-OH is 1. The fourth-order valence-corrected chi connectivity index (χ4v) is 3.66. The molecule has 0 aliphatic carbocycles. The summed E-state index contributed by atoms with van der Waals surface area (Å²) < 4.78 is 0. The normalized spacial score (nSPS) is 17.4. The number of amides is 1. The van der Waals surface area contributed by atoms with Gasteiger partial charge < -0.3 is 10.0 Å². The van der Waals surface area contributed by atoms with Crippen LogP contribution in [0.15, 0.2) is 84.9 Å². The zero-order valence-corrected chi connectivity index (χ0v) is 13.7. The predicted molar refractivity (Wildman–Crippen MR) is 97.2 cm³/mol. The molecule has 1 amide bonds. The van der Waals surface area contributed by atoms with Crippen LogP contribution in [0.5, 0.6) is 0 Å². The summed E-state index contributed by atoms with van der Waals surface area (Å²) in [7, 11) is 0. The lowest BCUT2D eigenvalue weighted by atomic mass is 9.96. The number of carbonyl (C=O) groups excluding carboxylic acids is 1. The third kappa shape index (κ3) is 2.63. The Hall–Kier alpha value is -2.91. The van der Waals surface area contributed by atoms with Crippen molar-refractivity contribution in [3.05, 3.63) is 107 Å². The molecule has 124 valence electrons. The molecular formula is C22H19NO2. The van der Waals surface area contributed by atoms with E-state index in [2.05, 4.69) is 0 Å². The van der Waals surface area contributed by atoms with Crippen LogP contribution in [0, 0.1) is 0 Å². The lowest BCUT2D eigenvalue weighted by molar-refractivity contribution is 0.0562. The third-order valence-electron chi connectivity index (χ3n) is 4.81. The molecule has 1 N–H and O–H groups in total. The summed E-state index contributed by atoms with van der Waals surface area (Å²) in [4.78, 5) is 15.0. The second-order valence-corrected chi connectivity index (χ2v) is 6.22. The largest absolute Gasteiger partial charge is 0.394 e. The summed E-state index contributed by atoms with van der Waals surface area (Å²) in [5.41, 5.74) is 3.70. The Morgan fingerprint density at radius 1 is 0.840 bits per heavy atom. The monoisotopic (exact) mass is 329 g/mol. The average Bonchev–Trinajstić information content (AvgIpc) is 2.97. The van der Waals surface area contributed by atoms with Crippen LogP contribution < -0.4 is 0 Å². The molecule has 0 saturated heterocycles. The van der Waals surface area contributed by atoms with Gasteiger partial charge in [-0.2, -0.15) is 0 Å². The van der Waals surface area contributed by atoms with E-state index in [1.807, 2.05) is 89.8 Å². The van der Waals surface area contributed by atoms with Crippen molar-refractivity contribution < 1.29 is 9.90 Å². The Morgan fingerprint density at radius 3 is 2.12 bits per heavy atom. The van der Waals surface area contributed by atoms with E-state index in [0.29, 0.717) is 5.56 Å². The molecule has 4 rings (SSSR count). The Bertz CT molecular complexity index is 877. The van der Waals surface area contributed by atoms with Gasteiger partial charge in [-0.15, -0.1) is 0 Å². The maximum absolute atomic E-state index is 13.2. The van der Waals surface area contributed by atoms with Crippen LogP contribution in [0.3, 0.4) is 0 Å². The number of nitrogens with zero attached hydrogens (tertiary/aromatic N) is 1. The number of hydrogen-bond donors (Lipinski definition) is 1. The summed E-state index contributed by atoms with van der Waals surface area (Å²) in [6, 6.07) is 26.9. The van der Waals surface area contributed by atoms with E-state index in [1.165, 1.54) is 0 Å². The number of hydrogen-bond acceptors (Lipinski definition) is 2. The summed E-state index contributed by atoms with van der Waals surface area (Å²) in [5, 5.41) is 10.1. The van der Waals surface area contributed by atoms with Crippen molar-refractivity contribution in [2.24, 2.45) is 0 Å². The van der Waals surface area contributed by atoms with Gasteiger partial charge in [-0.05, 0) is 22.8 Å². The molecule has 3 nitrogen and oxygen atoms in total. The number of carbonyl (C=O) groups is 1. The molecule has 2 atom stereocenters. The maximum Gasteiger partial charge on any atom is 0.255 e. The van der Waals surface area contributed by atoms with Crippen molar-refractivity contribution in [3.8, 4) is 0 Å². The molecule has 0 aromatic heterocycles. The van der Waals surface area contributed by atoms with Gasteiger partial charge in [-0.1, -0.05) is 78.9 Å². The fraction of sp³-hybridized carbons (Fsp3) is 0.136. The Labute approximate surface area is 147 Å². The molecule has 25 heavy (non-hydrogen) atoms. The minimum Gasteiger partial charge on any atom is -0.394 e. The molecule has 0 bridgehead atoms. The first-order chi connectivity index (χ1) is 12.3. The number of rotatable bonds is 4. The highest BCUT2D eigenvalue weighted by molar-refractivity contribution is 6.00. The summed E-state index contributed by atoms with van der Waals surface area (Å²) in [6.07, 6.45) is 0. The van der Waals surface area contributed by atoms with Crippen molar-refractivity contribution >= 4 is 5.91 Å². The van der Waals surface area contributed by atoms with Gasteiger partial charge >= 0.3 is 0 Å². The highest BCUT2D eigenvalue weighted by Crippen LogP contribution is 2.43. The summed E-state index contributed by atoms with van der Waals surface area (Å²) in [5.74, 6) is -0.0349. The predicted octanol–water partition coefficient (Wildman–Crippen LogP) is 3.97. The van der Waals surface area contributed by atoms with Gasteiger partial charge in [0, 0.05) is 5.56 Å². The van der Waals surface area contributed by atoms with E-state index < -0.39 is 0 Å². The zero-order chi connectivity index (χ0) is 17.2. The second kappa shape index (κ2) is 6.54. The van der Waals surface area contributed by atoms with E-state index in [0.717, 1.165) is 16.7 Å². The zero-order valence-electron chi connectivity index (χ0n) is 13.7. The van der Waals surface area contributed by atoms with E-state index in [1.54, 1.807) is 0 Å². The third-order valence-corrected chi connectivity index (χ3v) is 4.81. The van der Waals surface area contributed by atoms with Crippen LogP contribution in [-0.2, 0) is 0 Å². The van der Waals surface area contributed by atoms with Crippen molar-refractivity contribution in [3.63, 3.8) is 0 Å². The first-order valence-electron chi connectivity index (χ1n) is 8.43. The van der Waals surface area contributed by atoms with Crippen molar-refractivity contribution in [2.75, 3.05) is 6.61 Å². The Kier molecular flexibility index (Phi) is 4.08. The molecule has 3 aromatic rings. The van der Waals surface area contributed by atoms with Crippen LogP contribution in [0.2, 0.25) is 0 Å². The molecule has 0 fully saturated rings. The molecule has 1 heterocycles. The highest BCUT2D eigenvalue weighted by atomic mass is 16.3. The molecule has 0 saturated carbocycles. The van der Waals surface area contributed by atoms with E-state index in [9.17, 15) is 9.90 Å². The van der Waals surface area contributed by atoms with Crippen LogP contribution in [0.25, 0.3) is 0 Å². The number of fused-ring (bicyclic) bond motifs is 1. The molecule has 0 spiro atoms. The highest BCUT2D eigenvalue weighted by Gasteiger charge is 2.41. The van der Waals surface area contributed by atoms with Gasteiger partial charge in [0.1, 0.15) is 0 Å². The molecule has 3 heteroatoms. The van der Waals surface area contributed by atoms with Crippen LogP contribution in [-0.4, -0.2) is 22.5 Å². The SMILES string of the molecule is O=C1c2ccccc2[C@H](c2ccccc2)N1[C@@H](CO)c1ccccc1. The average molecular weight is 329 g/mol. The lowest BCUT2D eigenvalue weighted by Crippen LogP contribution is -2.35. The maximum atomic E-state index is 13.2. The Morgan fingerprint density at radius 2 is 1.44 bits per heavy atom. The van der Waals surface area contributed by atoms with Crippen LogP contribution in [0.4, 0.5) is 0 Å². The van der Waals surface area contributed by atoms with E-state index >= 15 is 0 Å². The molecule has 0 radical (unpaired) electrons. The quantitative estimate of drug-likeness (QED) is 0.787. The number of benzene rings is 3. The van der Waals surface area contributed by atoms with Gasteiger partial charge in [-0.25, -0.2) is 0 Å². The summed E-state index contributed by atoms with van der Waals surface area (Å²) >= 11 is 0. The minimum atomic E-state index is -0.383. The van der Waals surface area contributed by atoms with Gasteiger partial charge in [0.2, 0.25) is 0 Å². The van der Waals surface area contributed by atoms with Crippen LogP contribution in [0.1, 0.15) is 39.1 Å². The molecule has 1 aliphatic heterocycles. The van der Waals surface area contributed by atoms with Crippen molar-refractivity contribution in [1.82, 2.24) is 4.90 Å². The molecule has 1 aliphatic rings. The summed E-state index contributed by atoms with van der Waals surface area (Å²) in [6.45, 7) is -0.118. The second-order valence-electron chi connectivity index (χ2n) is 6.22. The molecule has 0 unspecified atom stereocenters. The fourth-order valence-electron chi connectivity index (χ4n) is 3.66. The smallest absolute Gasteiger partial charge is 0.255 e. The van der Waals surface area contributed by atoms with Gasteiger partial charge in [-0.3, -0.25) is 4.79 Å². The Balaban J connectivity index is 1.86. The number of aliphatic hydroxyl groups is 1.